The highest BCUT2D eigenvalue weighted by Crippen LogP contribution is 2.27. The zero-order valence-corrected chi connectivity index (χ0v) is 14.0. The summed E-state index contributed by atoms with van der Waals surface area (Å²) in [7, 11) is 0. The zero-order valence-electron chi connectivity index (χ0n) is 13.1. The van der Waals surface area contributed by atoms with E-state index in [2.05, 4.69) is 61.6 Å². The molecule has 1 aromatic carbocycles. The molecule has 0 saturated heterocycles. The summed E-state index contributed by atoms with van der Waals surface area (Å²) in [6.07, 6.45) is 0. The maximum atomic E-state index is 5.56. The molecule has 0 fully saturated rings. The van der Waals surface area contributed by atoms with Crippen LogP contribution in [0.4, 0.5) is 0 Å². The minimum Gasteiger partial charge on any atom is -0.380 e. The molecule has 0 aliphatic carbocycles. The molecule has 1 heterocycles. The Morgan fingerprint density at radius 2 is 1.86 bits per heavy atom. The van der Waals surface area contributed by atoms with E-state index in [9.17, 15) is 0 Å². The van der Waals surface area contributed by atoms with Crippen LogP contribution < -0.4 is 5.32 Å². The second kappa shape index (κ2) is 8.32. The Labute approximate surface area is 132 Å². The molecule has 0 aliphatic rings. The second-order valence-electron chi connectivity index (χ2n) is 5.52. The molecule has 21 heavy (non-hydrogen) atoms. The van der Waals surface area contributed by atoms with Crippen LogP contribution in [0, 0.1) is 5.92 Å². The van der Waals surface area contributed by atoms with Crippen molar-refractivity contribution in [3.8, 4) is 10.4 Å². The van der Waals surface area contributed by atoms with Gasteiger partial charge in [-0.15, -0.1) is 11.3 Å². The molecular formula is C18H25NOS. The van der Waals surface area contributed by atoms with Gasteiger partial charge in [-0.05, 0) is 30.5 Å². The van der Waals surface area contributed by atoms with E-state index in [-0.39, 0.29) is 0 Å². The van der Waals surface area contributed by atoms with Crippen LogP contribution in [0.15, 0.2) is 42.5 Å². The lowest BCUT2D eigenvalue weighted by atomic mass is 10.1. The summed E-state index contributed by atoms with van der Waals surface area (Å²) < 4.78 is 5.56. The number of nitrogens with one attached hydrogen (secondary N) is 1. The van der Waals surface area contributed by atoms with Crippen molar-refractivity contribution >= 4 is 11.3 Å². The van der Waals surface area contributed by atoms with E-state index < -0.39 is 0 Å². The SMILES string of the molecule is CCOCC(NCc1ccc(-c2ccccc2)s1)C(C)C. The predicted octanol–water partition coefficient (Wildman–Crippen LogP) is 4.57. The monoisotopic (exact) mass is 303 g/mol. The number of hydrogen-bond donors (Lipinski definition) is 1. The number of thiophene rings is 1. The summed E-state index contributed by atoms with van der Waals surface area (Å²) in [5.74, 6) is 0.574. The molecule has 1 unspecified atom stereocenters. The van der Waals surface area contributed by atoms with Crippen LogP contribution in [0.5, 0.6) is 0 Å². The van der Waals surface area contributed by atoms with E-state index >= 15 is 0 Å². The van der Waals surface area contributed by atoms with Gasteiger partial charge in [0.05, 0.1) is 6.61 Å². The third-order valence-corrected chi connectivity index (χ3v) is 4.70. The first kappa shape index (κ1) is 16.2. The Balaban J connectivity index is 1.93. The lowest BCUT2D eigenvalue weighted by Gasteiger charge is -2.21. The average Bonchev–Trinajstić information content (AvgIpc) is 2.97. The standard InChI is InChI=1S/C18H25NOS/c1-4-20-13-17(14(2)3)19-12-16-10-11-18(21-16)15-8-6-5-7-9-15/h5-11,14,17,19H,4,12-13H2,1-3H3. The molecule has 114 valence electrons. The minimum absolute atomic E-state index is 0.409. The highest BCUT2D eigenvalue weighted by atomic mass is 32.1. The van der Waals surface area contributed by atoms with Crippen LogP contribution in [-0.2, 0) is 11.3 Å². The van der Waals surface area contributed by atoms with Crippen LogP contribution >= 0.6 is 11.3 Å². The Morgan fingerprint density at radius 3 is 2.52 bits per heavy atom. The Morgan fingerprint density at radius 1 is 1.10 bits per heavy atom. The normalized spacial score (nSPS) is 12.8. The average molecular weight is 303 g/mol. The van der Waals surface area contributed by atoms with Crippen LogP contribution in [0.3, 0.4) is 0 Å². The van der Waals surface area contributed by atoms with E-state index in [1.165, 1.54) is 15.3 Å². The first-order valence-corrected chi connectivity index (χ1v) is 8.47. The molecular weight excluding hydrogens is 278 g/mol. The molecule has 3 heteroatoms. The van der Waals surface area contributed by atoms with Gasteiger partial charge in [0.15, 0.2) is 0 Å². The first-order valence-electron chi connectivity index (χ1n) is 7.66. The van der Waals surface area contributed by atoms with Gasteiger partial charge in [-0.3, -0.25) is 0 Å². The number of benzene rings is 1. The van der Waals surface area contributed by atoms with Crippen molar-refractivity contribution in [2.75, 3.05) is 13.2 Å². The lowest BCUT2D eigenvalue weighted by Crippen LogP contribution is -2.37. The first-order chi connectivity index (χ1) is 10.2. The van der Waals surface area contributed by atoms with Crippen LogP contribution in [0.1, 0.15) is 25.6 Å². The summed E-state index contributed by atoms with van der Waals surface area (Å²) in [4.78, 5) is 2.70. The van der Waals surface area contributed by atoms with E-state index in [4.69, 9.17) is 4.74 Å². The molecule has 0 radical (unpaired) electrons. The Bertz CT molecular complexity index is 521. The van der Waals surface area contributed by atoms with Gasteiger partial charge in [0.25, 0.3) is 0 Å². The van der Waals surface area contributed by atoms with Crippen molar-refractivity contribution in [3.63, 3.8) is 0 Å². The van der Waals surface area contributed by atoms with E-state index in [0.717, 1.165) is 19.8 Å². The molecule has 0 amide bonds. The minimum atomic E-state index is 0.409. The van der Waals surface area contributed by atoms with Crippen molar-refractivity contribution in [2.24, 2.45) is 5.92 Å². The molecule has 1 atom stereocenters. The Kier molecular flexibility index (Phi) is 6.43. The van der Waals surface area contributed by atoms with Crippen molar-refractivity contribution in [2.45, 2.75) is 33.4 Å². The molecule has 2 nitrogen and oxygen atoms in total. The van der Waals surface area contributed by atoms with Gasteiger partial charge in [0.1, 0.15) is 0 Å². The van der Waals surface area contributed by atoms with E-state index in [0.29, 0.717) is 12.0 Å². The van der Waals surface area contributed by atoms with Crippen molar-refractivity contribution in [3.05, 3.63) is 47.3 Å². The zero-order chi connectivity index (χ0) is 15.1. The van der Waals surface area contributed by atoms with Gasteiger partial charge in [-0.25, -0.2) is 0 Å². The largest absolute Gasteiger partial charge is 0.380 e. The maximum absolute atomic E-state index is 5.56. The molecule has 0 saturated carbocycles. The highest BCUT2D eigenvalue weighted by Gasteiger charge is 2.13. The third kappa shape index (κ3) is 4.95. The second-order valence-corrected chi connectivity index (χ2v) is 6.69. The van der Waals surface area contributed by atoms with Gasteiger partial charge >= 0.3 is 0 Å². The van der Waals surface area contributed by atoms with Crippen molar-refractivity contribution < 1.29 is 4.74 Å². The Hall–Kier alpha value is -1.16. The van der Waals surface area contributed by atoms with Crippen molar-refractivity contribution in [1.82, 2.24) is 5.32 Å². The van der Waals surface area contributed by atoms with Gasteiger partial charge in [0.2, 0.25) is 0 Å². The quantitative estimate of drug-likeness (QED) is 0.771. The molecule has 1 N–H and O–H groups in total. The number of rotatable bonds is 8. The fraction of sp³-hybridized carbons (Fsp3) is 0.444. The molecule has 0 spiro atoms. The summed E-state index contributed by atoms with van der Waals surface area (Å²) in [6.45, 7) is 8.99. The summed E-state index contributed by atoms with van der Waals surface area (Å²) in [6, 6.07) is 15.4. The van der Waals surface area contributed by atoms with Gasteiger partial charge in [-0.2, -0.15) is 0 Å². The number of hydrogen-bond acceptors (Lipinski definition) is 3. The third-order valence-electron chi connectivity index (χ3n) is 3.56. The van der Waals surface area contributed by atoms with E-state index in [1.807, 2.05) is 18.3 Å². The van der Waals surface area contributed by atoms with Crippen LogP contribution in [0.25, 0.3) is 10.4 Å². The van der Waals surface area contributed by atoms with Gasteiger partial charge in [-0.1, -0.05) is 44.2 Å². The summed E-state index contributed by atoms with van der Waals surface area (Å²) in [5, 5.41) is 3.62. The predicted molar refractivity (Wildman–Crippen MR) is 91.7 cm³/mol. The van der Waals surface area contributed by atoms with Gasteiger partial charge < -0.3 is 10.1 Å². The molecule has 2 aromatic rings. The maximum Gasteiger partial charge on any atom is 0.0622 e. The highest BCUT2D eigenvalue weighted by molar-refractivity contribution is 7.15. The van der Waals surface area contributed by atoms with Crippen LogP contribution in [0.2, 0.25) is 0 Å². The van der Waals surface area contributed by atoms with Crippen molar-refractivity contribution in [1.29, 1.82) is 0 Å². The smallest absolute Gasteiger partial charge is 0.0622 e. The fourth-order valence-electron chi connectivity index (χ4n) is 2.19. The fourth-order valence-corrected chi connectivity index (χ4v) is 3.16. The molecule has 1 aromatic heterocycles. The molecule has 0 bridgehead atoms. The van der Waals surface area contributed by atoms with Crippen LogP contribution in [-0.4, -0.2) is 19.3 Å². The summed E-state index contributed by atoms with van der Waals surface area (Å²) >= 11 is 1.86. The number of ether oxygens (including phenoxy) is 1. The molecule has 2 rings (SSSR count). The van der Waals surface area contributed by atoms with Gasteiger partial charge in [0, 0.05) is 28.9 Å². The topological polar surface area (TPSA) is 21.3 Å². The van der Waals surface area contributed by atoms with E-state index in [1.54, 1.807) is 0 Å². The summed E-state index contributed by atoms with van der Waals surface area (Å²) in [5.41, 5.74) is 1.29. The molecule has 0 aliphatic heterocycles. The lowest BCUT2D eigenvalue weighted by molar-refractivity contribution is 0.108.